The van der Waals surface area contributed by atoms with Crippen molar-refractivity contribution in [2.75, 3.05) is 54.1 Å². The standard InChI is InChI=1S/C62H106NO7P/c1-6-8-10-12-14-16-18-20-22-24-26-28-30-32-33-35-37-39-41-43-45-47-49-51-53-55-62(64)70-61(60-69-71(65,66)68-58-56-63(3,4)5)59-67-57-54-52-50-48-46-44-42-40-38-36-34-31-29-27-25-23-21-19-17-15-13-11-9-7-2/h8-11,14-17,20-23,26-29,34,36,40,42,61H,6-7,12-13,18-19,24-25,30-33,35,37-39,41,43-60H2,1-5H3/p+1/b10-8-,11-9-,16-14-,17-15-,22-20-,23-21-,28-26-,29-27-,36-34-,42-40-. The van der Waals surface area contributed by atoms with Gasteiger partial charge in [0.25, 0.3) is 0 Å². The molecule has 1 N–H and O–H groups in total. The van der Waals surface area contributed by atoms with Crippen molar-refractivity contribution in [2.24, 2.45) is 0 Å². The Kier molecular flexibility index (Phi) is 50.9. The average molecular weight is 1010 g/mol. The van der Waals surface area contributed by atoms with Gasteiger partial charge >= 0.3 is 13.8 Å². The number of esters is 1. The Balaban J connectivity index is 4.17. The number of phosphoric acid groups is 1. The Bertz CT molecular complexity index is 1550. The van der Waals surface area contributed by atoms with E-state index < -0.39 is 13.9 Å². The van der Waals surface area contributed by atoms with E-state index in [0.717, 1.165) is 109 Å². The van der Waals surface area contributed by atoms with Gasteiger partial charge in [-0.25, -0.2) is 4.57 Å². The van der Waals surface area contributed by atoms with E-state index >= 15 is 0 Å². The quantitative estimate of drug-likeness (QED) is 0.0213. The lowest BCUT2D eigenvalue weighted by Gasteiger charge is -2.24. The number of allylic oxidation sites excluding steroid dienone is 20. The molecule has 0 aromatic heterocycles. The first-order valence-corrected chi connectivity index (χ1v) is 29.8. The fourth-order valence-corrected chi connectivity index (χ4v) is 8.00. The van der Waals surface area contributed by atoms with Crippen LogP contribution in [0.2, 0.25) is 0 Å². The fourth-order valence-electron chi connectivity index (χ4n) is 7.25. The summed E-state index contributed by atoms with van der Waals surface area (Å²) in [5.74, 6) is -0.328. The SMILES string of the molecule is CC/C=C\C/C=C\C/C=C\C/C=C\C/C=C\C/C=C\CCCCCCCOCC(COP(=O)(O)OCC[N+](C)(C)C)OC(=O)CCCCCCCCCCCCCC/C=C\C/C=C\C/C=C\C/C=C\CC. The summed E-state index contributed by atoms with van der Waals surface area (Å²) in [5.41, 5.74) is 0. The molecule has 0 fully saturated rings. The van der Waals surface area contributed by atoms with Crippen molar-refractivity contribution in [3.05, 3.63) is 122 Å². The molecule has 0 aromatic carbocycles. The van der Waals surface area contributed by atoms with Gasteiger partial charge in [-0.3, -0.25) is 13.8 Å². The first kappa shape index (κ1) is 67.9. The topological polar surface area (TPSA) is 91.3 Å². The van der Waals surface area contributed by atoms with E-state index in [-0.39, 0.29) is 25.8 Å². The van der Waals surface area contributed by atoms with Gasteiger partial charge in [-0.15, -0.1) is 0 Å². The van der Waals surface area contributed by atoms with Gasteiger partial charge in [-0.1, -0.05) is 219 Å². The molecule has 0 bridgehead atoms. The van der Waals surface area contributed by atoms with Crippen molar-refractivity contribution in [3.63, 3.8) is 0 Å². The highest BCUT2D eigenvalue weighted by Crippen LogP contribution is 2.43. The maximum absolute atomic E-state index is 12.8. The molecule has 9 heteroatoms. The Morgan fingerprint density at radius 3 is 1.15 bits per heavy atom. The number of likely N-dealkylation sites (N-methyl/N-ethyl adjacent to an activating group) is 1. The van der Waals surface area contributed by atoms with Gasteiger partial charge in [0, 0.05) is 13.0 Å². The van der Waals surface area contributed by atoms with Crippen LogP contribution in [0.5, 0.6) is 0 Å². The molecule has 0 aromatic rings. The molecule has 8 nitrogen and oxygen atoms in total. The summed E-state index contributed by atoms with van der Waals surface area (Å²) in [6, 6.07) is 0. The average Bonchev–Trinajstić information content (AvgIpc) is 3.33. The summed E-state index contributed by atoms with van der Waals surface area (Å²) < 4.78 is 35.2. The fraction of sp³-hybridized carbons (Fsp3) is 0.661. The Hall–Kier alpha value is -3.10. The molecule has 0 aliphatic carbocycles. The molecular formula is C62H107NO7P+. The second-order valence-corrected chi connectivity index (χ2v) is 21.0. The second kappa shape index (κ2) is 53.2. The lowest BCUT2D eigenvalue weighted by molar-refractivity contribution is -0.870. The number of nitrogens with zero attached hydrogens (tertiary/aromatic N) is 1. The van der Waals surface area contributed by atoms with Crippen molar-refractivity contribution < 1.29 is 37.3 Å². The van der Waals surface area contributed by atoms with Crippen molar-refractivity contribution >= 4 is 13.8 Å². The first-order chi connectivity index (χ1) is 34.6. The zero-order valence-electron chi connectivity index (χ0n) is 46.2. The molecule has 0 saturated carbocycles. The third-order valence-corrected chi connectivity index (χ3v) is 12.5. The van der Waals surface area contributed by atoms with Crippen LogP contribution in [0, 0.1) is 0 Å². The Morgan fingerprint density at radius 1 is 0.437 bits per heavy atom. The lowest BCUT2D eigenvalue weighted by atomic mass is 10.0. The number of rotatable bonds is 51. The van der Waals surface area contributed by atoms with Gasteiger partial charge in [0.05, 0.1) is 34.4 Å². The Labute approximate surface area is 437 Å². The van der Waals surface area contributed by atoms with Crippen LogP contribution in [0.3, 0.4) is 0 Å². The van der Waals surface area contributed by atoms with E-state index in [4.69, 9.17) is 18.5 Å². The number of hydrogen-bond acceptors (Lipinski definition) is 6. The zero-order valence-corrected chi connectivity index (χ0v) is 47.1. The molecular weight excluding hydrogens is 902 g/mol. The van der Waals surface area contributed by atoms with Crippen LogP contribution < -0.4 is 0 Å². The van der Waals surface area contributed by atoms with E-state index in [9.17, 15) is 14.3 Å². The molecule has 0 heterocycles. The van der Waals surface area contributed by atoms with Crippen LogP contribution >= 0.6 is 7.82 Å². The normalized spacial score (nSPS) is 14.4. The number of hydrogen-bond donors (Lipinski definition) is 1. The van der Waals surface area contributed by atoms with Gasteiger partial charge < -0.3 is 18.9 Å². The minimum Gasteiger partial charge on any atom is -0.457 e. The van der Waals surface area contributed by atoms with Gasteiger partial charge in [0.15, 0.2) is 0 Å². The molecule has 0 aliphatic heterocycles. The van der Waals surface area contributed by atoms with Crippen LogP contribution in [0.25, 0.3) is 0 Å². The minimum atomic E-state index is -4.30. The predicted octanol–water partition coefficient (Wildman–Crippen LogP) is 18.1. The molecule has 2 atom stereocenters. The van der Waals surface area contributed by atoms with Crippen molar-refractivity contribution in [2.45, 2.75) is 213 Å². The second-order valence-electron chi connectivity index (χ2n) is 19.6. The van der Waals surface area contributed by atoms with Gasteiger partial charge in [0.2, 0.25) is 0 Å². The first-order valence-electron chi connectivity index (χ1n) is 28.3. The summed E-state index contributed by atoms with van der Waals surface area (Å²) in [6.07, 6.45) is 76.8. The maximum Gasteiger partial charge on any atom is 0.472 e. The molecule has 0 spiro atoms. The van der Waals surface area contributed by atoms with E-state index in [0.29, 0.717) is 24.1 Å². The van der Waals surface area contributed by atoms with Crippen molar-refractivity contribution in [3.8, 4) is 0 Å². The summed E-state index contributed by atoms with van der Waals surface area (Å²) in [5, 5.41) is 0. The van der Waals surface area contributed by atoms with Crippen LogP contribution in [0.1, 0.15) is 206 Å². The highest BCUT2D eigenvalue weighted by Gasteiger charge is 2.26. The molecule has 406 valence electrons. The van der Waals surface area contributed by atoms with Gasteiger partial charge in [0.1, 0.15) is 19.3 Å². The number of unbranched alkanes of at least 4 members (excludes halogenated alkanes) is 17. The largest absolute Gasteiger partial charge is 0.472 e. The molecule has 2 unspecified atom stereocenters. The van der Waals surface area contributed by atoms with Crippen molar-refractivity contribution in [1.29, 1.82) is 0 Å². The smallest absolute Gasteiger partial charge is 0.457 e. The predicted molar refractivity (Wildman–Crippen MR) is 307 cm³/mol. The van der Waals surface area contributed by atoms with E-state index in [1.54, 1.807) is 0 Å². The number of phosphoric ester groups is 1. The van der Waals surface area contributed by atoms with Gasteiger partial charge in [-0.2, -0.15) is 0 Å². The maximum atomic E-state index is 12.8. The third-order valence-electron chi connectivity index (χ3n) is 11.5. The molecule has 0 rings (SSSR count). The van der Waals surface area contributed by atoms with Crippen LogP contribution in [-0.2, 0) is 27.9 Å². The molecule has 0 radical (unpaired) electrons. The number of carbonyl (C=O) groups excluding carboxylic acids is 1. The van der Waals surface area contributed by atoms with Crippen LogP contribution in [0.4, 0.5) is 0 Å². The van der Waals surface area contributed by atoms with E-state index in [1.807, 2.05) is 21.1 Å². The Morgan fingerprint density at radius 2 is 0.775 bits per heavy atom. The highest BCUT2D eigenvalue weighted by molar-refractivity contribution is 7.47. The summed E-state index contributed by atoms with van der Waals surface area (Å²) in [7, 11) is 1.64. The van der Waals surface area contributed by atoms with E-state index in [2.05, 4.69) is 135 Å². The van der Waals surface area contributed by atoms with E-state index in [1.165, 1.54) is 77.0 Å². The molecule has 0 amide bonds. The zero-order chi connectivity index (χ0) is 51.9. The van der Waals surface area contributed by atoms with Crippen molar-refractivity contribution in [1.82, 2.24) is 0 Å². The highest BCUT2D eigenvalue weighted by atomic mass is 31.2. The summed E-state index contributed by atoms with van der Waals surface area (Å²) in [4.78, 5) is 23.1. The third kappa shape index (κ3) is 57.7. The number of quaternary nitrogens is 1. The minimum absolute atomic E-state index is 0.0772. The number of carbonyl (C=O) groups is 1. The number of ether oxygens (including phenoxy) is 2. The van der Waals surface area contributed by atoms with Gasteiger partial charge in [-0.05, 0) is 103 Å². The van der Waals surface area contributed by atoms with Crippen LogP contribution in [0.15, 0.2) is 122 Å². The lowest BCUT2D eigenvalue weighted by Crippen LogP contribution is -2.37. The monoisotopic (exact) mass is 1010 g/mol. The molecule has 71 heavy (non-hydrogen) atoms. The molecule has 0 aliphatic rings. The summed E-state index contributed by atoms with van der Waals surface area (Å²) >= 11 is 0. The van der Waals surface area contributed by atoms with Crippen LogP contribution in [-0.4, -0.2) is 75.6 Å². The molecule has 0 saturated heterocycles. The summed E-state index contributed by atoms with van der Waals surface area (Å²) in [6.45, 7) is 5.33.